The first kappa shape index (κ1) is 28.3. The van der Waals surface area contributed by atoms with Crippen LogP contribution in [0.2, 0.25) is 0 Å². The van der Waals surface area contributed by atoms with E-state index in [1.165, 1.54) is 64.3 Å². The summed E-state index contributed by atoms with van der Waals surface area (Å²) in [6.07, 6.45) is 0. The van der Waals surface area contributed by atoms with Crippen LogP contribution in [0.3, 0.4) is 0 Å². The maximum absolute atomic E-state index is 2.42. The van der Waals surface area contributed by atoms with Crippen LogP contribution in [0.4, 0.5) is 17.1 Å². The molecule has 0 saturated carbocycles. The minimum atomic E-state index is 1.12. The van der Waals surface area contributed by atoms with Crippen molar-refractivity contribution in [2.75, 3.05) is 4.90 Å². The summed E-state index contributed by atoms with van der Waals surface area (Å²) >= 11 is 1.89. The van der Waals surface area contributed by atoms with Gasteiger partial charge in [-0.1, -0.05) is 146 Å². The van der Waals surface area contributed by atoms with Crippen LogP contribution in [0.5, 0.6) is 0 Å². The van der Waals surface area contributed by atoms with Gasteiger partial charge < -0.3 is 4.90 Å². The van der Waals surface area contributed by atoms with Gasteiger partial charge in [0.15, 0.2) is 0 Å². The standard InChI is InChI=1S/C46H31NS/c1-4-13-32(14-5-1)34-23-27-37(28-24-34)47(38-29-25-35(26-30-38)33-15-6-2-7-16-33)43-21-12-20-39-42(43)31-41(36-17-8-3-9-18-36)45-40-19-10-11-22-44(40)48-46(39)45/h1-31H. The summed E-state index contributed by atoms with van der Waals surface area (Å²) in [6, 6.07) is 68.0. The third-order valence-corrected chi connectivity index (χ3v) is 10.5. The molecular formula is C46H31NS. The molecule has 0 bridgehead atoms. The number of fused-ring (bicyclic) bond motifs is 5. The second kappa shape index (κ2) is 12.0. The molecule has 0 N–H and O–H groups in total. The van der Waals surface area contributed by atoms with Crippen LogP contribution in [0, 0.1) is 0 Å². The molecule has 0 radical (unpaired) electrons. The third-order valence-electron chi connectivity index (χ3n) is 9.27. The average Bonchev–Trinajstić information content (AvgIpc) is 3.57. The van der Waals surface area contributed by atoms with Crippen LogP contribution in [-0.4, -0.2) is 0 Å². The van der Waals surface area contributed by atoms with Crippen molar-refractivity contribution < 1.29 is 0 Å². The summed E-state index contributed by atoms with van der Waals surface area (Å²) in [5.74, 6) is 0. The Morgan fingerprint density at radius 3 is 1.42 bits per heavy atom. The lowest BCUT2D eigenvalue weighted by Gasteiger charge is -2.28. The Hall–Kier alpha value is -5.96. The zero-order chi connectivity index (χ0) is 31.9. The molecule has 0 aliphatic heterocycles. The summed E-state index contributed by atoms with van der Waals surface area (Å²) in [5.41, 5.74) is 10.7. The van der Waals surface area contributed by atoms with Gasteiger partial charge in [-0.05, 0) is 75.8 Å². The molecule has 0 unspecified atom stereocenters. The average molecular weight is 630 g/mol. The number of hydrogen-bond donors (Lipinski definition) is 0. The predicted octanol–water partition coefficient (Wildman–Crippen LogP) is 13.7. The molecule has 9 rings (SSSR count). The highest BCUT2D eigenvalue weighted by Gasteiger charge is 2.20. The second-order valence-corrected chi connectivity index (χ2v) is 13.2. The molecule has 8 aromatic carbocycles. The molecule has 1 heterocycles. The summed E-state index contributed by atoms with van der Waals surface area (Å²) in [6.45, 7) is 0. The number of nitrogens with zero attached hydrogens (tertiary/aromatic N) is 1. The second-order valence-electron chi connectivity index (χ2n) is 12.1. The van der Waals surface area contributed by atoms with Gasteiger partial charge in [-0.25, -0.2) is 0 Å². The summed E-state index contributed by atoms with van der Waals surface area (Å²) in [7, 11) is 0. The van der Waals surface area contributed by atoms with E-state index in [1.807, 2.05) is 11.3 Å². The van der Waals surface area contributed by atoms with Crippen LogP contribution in [0.1, 0.15) is 0 Å². The highest BCUT2D eigenvalue weighted by molar-refractivity contribution is 7.26. The number of hydrogen-bond acceptors (Lipinski definition) is 2. The van der Waals surface area contributed by atoms with Gasteiger partial charge in [-0.3, -0.25) is 0 Å². The Morgan fingerprint density at radius 2 is 0.833 bits per heavy atom. The first-order valence-electron chi connectivity index (χ1n) is 16.4. The molecule has 226 valence electrons. The fourth-order valence-corrected chi connectivity index (χ4v) is 8.21. The van der Waals surface area contributed by atoms with E-state index in [1.54, 1.807) is 0 Å². The van der Waals surface area contributed by atoms with Crippen molar-refractivity contribution >= 4 is 59.3 Å². The SMILES string of the molecule is c1ccc(-c2ccc(N(c3ccc(-c4ccccc4)cc3)c3cccc4c3cc(-c3ccccc3)c3c5ccccc5sc43)cc2)cc1. The van der Waals surface area contributed by atoms with Gasteiger partial charge in [0.25, 0.3) is 0 Å². The van der Waals surface area contributed by atoms with Crippen molar-refractivity contribution in [3.63, 3.8) is 0 Å². The molecule has 0 aliphatic rings. The molecule has 0 saturated heterocycles. The van der Waals surface area contributed by atoms with Crippen molar-refractivity contribution in [2.24, 2.45) is 0 Å². The minimum Gasteiger partial charge on any atom is -0.310 e. The topological polar surface area (TPSA) is 3.24 Å². The largest absolute Gasteiger partial charge is 0.310 e. The van der Waals surface area contributed by atoms with Gasteiger partial charge in [0, 0.05) is 42.3 Å². The predicted molar refractivity (Wildman–Crippen MR) is 208 cm³/mol. The van der Waals surface area contributed by atoms with E-state index < -0.39 is 0 Å². The first-order valence-corrected chi connectivity index (χ1v) is 17.2. The molecule has 0 atom stereocenters. The van der Waals surface area contributed by atoms with E-state index in [9.17, 15) is 0 Å². The van der Waals surface area contributed by atoms with Crippen LogP contribution in [0.15, 0.2) is 188 Å². The molecule has 0 spiro atoms. The molecule has 0 aliphatic carbocycles. The van der Waals surface area contributed by atoms with E-state index >= 15 is 0 Å². The molecule has 48 heavy (non-hydrogen) atoms. The third kappa shape index (κ3) is 4.95. The Kier molecular flexibility index (Phi) is 7.07. The number of rotatable bonds is 6. The van der Waals surface area contributed by atoms with E-state index in [4.69, 9.17) is 0 Å². The highest BCUT2D eigenvalue weighted by atomic mass is 32.1. The van der Waals surface area contributed by atoms with Gasteiger partial charge in [-0.15, -0.1) is 11.3 Å². The van der Waals surface area contributed by atoms with Gasteiger partial charge in [0.1, 0.15) is 0 Å². The zero-order valence-corrected chi connectivity index (χ0v) is 27.1. The van der Waals surface area contributed by atoms with Crippen molar-refractivity contribution in [3.8, 4) is 33.4 Å². The molecular weight excluding hydrogens is 599 g/mol. The van der Waals surface area contributed by atoms with E-state index in [0.29, 0.717) is 0 Å². The van der Waals surface area contributed by atoms with Crippen LogP contribution < -0.4 is 4.90 Å². The van der Waals surface area contributed by atoms with Crippen molar-refractivity contribution in [2.45, 2.75) is 0 Å². The van der Waals surface area contributed by atoms with Gasteiger partial charge >= 0.3 is 0 Å². The Labute approximate surface area is 284 Å². The lowest BCUT2D eigenvalue weighted by molar-refractivity contribution is 1.30. The number of thiophene rings is 1. The first-order chi connectivity index (χ1) is 23.8. The maximum Gasteiger partial charge on any atom is 0.0540 e. The molecule has 0 fully saturated rings. The lowest BCUT2D eigenvalue weighted by atomic mass is 9.94. The van der Waals surface area contributed by atoms with Crippen molar-refractivity contribution in [3.05, 3.63) is 188 Å². The molecule has 0 amide bonds. The van der Waals surface area contributed by atoms with Crippen LogP contribution in [-0.2, 0) is 0 Å². The van der Waals surface area contributed by atoms with E-state index in [2.05, 4.69) is 193 Å². The number of benzene rings is 8. The van der Waals surface area contributed by atoms with E-state index in [-0.39, 0.29) is 0 Å². The smallest absolute Gasteiger partial charge is 0.0540 e. The van der Waals surface area contributed by atoms with Gasteiger partial charge in [-0.2, -0.15) is 0 Å². The summed E-state index contributed by atoms with van der Waals surface area (Å²) < 4.78 is 2.64. The maximum atomic E-state index is 2.42. The van der Waals surface area contributed by atoms with Crippen LogP contribution in [0.25, 0.3) is 64.3 Å². The number of anilines is 3. The Balaban J connectivity index is 1.29. The quantitative estimate of drug-likeness (QED) is 0.177. The monoisotopic (exact) mass is 629 g/mol. The molecule has 1 aromatic heterocycles. The van der Waals surface area contributed by atoms with Gasteiger partial charge in [0.05, 0.1) is 5.69 Å². The molecule has 9 aromatic rings. The van der Waals surface area contributed by atoms with Crippen LogP contribution >= 0.6 is 11.3 Å². The Morgan fingerprint density at radius 1 is 0.354 bits per heavy atom. The Bertz CT molecular complexity index is 2430. The minimum absolute atomic E-state index is 1.12. The normalized spacial score (nSPS) is 11.3. The van der Waals surface area contributed by atoms with Crippen molar-refractivity contribution in [1.29, 1.82) is 0 Å². The lowest BCUT2D eigenvalue weighted by Crippen LogP contribution is -2.10. The fraction of sp³-hybridized carbons (Fsp3) is 0. The summed E-state index contributed by atoms with van der Waals surface area (Å²) in [5, 5.41) is 5.15. The fourth-order valence-electron chi connectivity index (χ4n) is 6.96. The van der Waals surface area contributed by atoms with E-state index in [0.717, 1.165) is 17.1 Å². The highest BCUT2D eigenvalue weighted by Crippen LogP contribution is 2.48. The van der Waals surface area contributed by atoms with Crippen molar-refractivity contribution in [1.82, 2.24) is 0 Å². The zero-order valence-electron chi connectivity index (χ0n) is 26.3. The molecule has 1 nitrogen and oxygen atoms in total. The summed E-state index contributed by atoms with van der Waals surface area (Å²) in [4.78, 5) is 2.42. The molecule has 2 heteroatoms. The van der Waals surface area contributed by atoms with Gasteiger partial charge in [0.2, 0.25) is 0 Å².